The minimum atomic E-state index is -0.944. The number of nitrogens with one attached hydrogen (secondary N) is 1. The van der Waals surface area contributed by atoms with Gasteiger partial charge in [0.05, 0.1) is 18.1 Å². The van der Waals surface area contributed by atoms with Gasteiger partial charge in [-0.15, -0.1) is 0 Å². The van der Waals surface area contributed by atoms with E-state index in [4.69, 9.17) is 4.74 Å². The summed E-state index contributed by atoms with van der Waals surface area (Å²) in [6, 6.07) is 6.91. The summed E-state index contributed by atoms with van der Waals surface area (Å²) in [7, 11) is 1.67. The van der Waals surface area contributed by atoms with E-state index in [-0.39, 0.29) is 18.4 Å². The highest BCUT2D eigenvalue weighted by molar-refractivity contribution is 5.90. The molecular weight excluding hydrogens is 350 g/mol. The third kappa shape index (κ3) is 3.56. The highest BCUT2D eigenvalue weighted by Gasteiger charge is 2.55. The van der Waals surface area contributed by atoms with Crippen molar-refractivity contribution in [1.82, 2.24) is 9.80 Å². The first kappa shape index (κ1) is 19.0. The molecule has 3 rings (SSSR count). The fourth-order valence-corrected chi connectivity index (χ4v) is 4.09. The number of nitrogens with zero attached hydrogens (tertiary/aromatic N) is 2. The molecular formula is C19H25N3O5. The van der Waals surface area contributed by atoms with E-state index in [0.29, 0.717) is 38.2 Å². The average Bonchev–Trinajstić information content (AvgIpc) is 2.89. The normalized spacial score (nSPS) is 21.4. The van der Waals surface area contributed by atoms with Gasteiger partial charge in [0.2, 0.25) is 5.91 Å². The van der Waals surface area contributed by atoms with Crippen LogP contribution in [-0.2, 0) is 9.59 Å². The lowest BCUT2D eigenvalue weighted by molar-refractivity contribution is -0.145. The summed E-state index contributed by atoms with van der Waals surface area (Å²) in [6.45, 7) is 3.30. The van der Waals surface area contributed by atoms with E-state index < -0.39 is 17.4 Å². The fourth-order valence-electron chi connectivity index (χ4n) is 4.09. The van der Waals surface area contributed by atoms with Crippen LogP contribution in [0.25, 0.3) is 0 Å². The zero-order chi connectivity index (χ0) is 19.6. The Labute approximate surface area is 158 Å². The first-order valence-electron chi connectivity index (χ1n) is 9.15. The van der Waals surface area contributed by atoms with Gasteiger partial charge in [0.1, 0.15) is 5.75 Å². The summed E-state index contributed by atoms with van der Waals surface area (Å²) in [4.78, 5) is 39.4. The second-order valence-corrected chi connectivity index (χ2v) is 7.03. The molecule has 0 aliphatic carbocycles. The van der Waals surface area contributed by atoms with Crippen molar-refractivity contribution in [2.45, 2.75) is 31.7 Å². The fraction of sp³-hybridized carbons (Fsp3) is 0.526. The Hall–Kier alpha value is -2.77. The molecule has 0 bridgehead atoms. The molecule has 1 unspecified atom stereocenters. The molecule has 3 amide bonds. The molecule has 2 aliphatic heterocycles. The zero-order valence-electron chi connectivity index (χ0n) is 15.6. The number of likely N-dealkylation sites (tertiary alicyclic amines) is 2. The summed E-state index contributed by atoms with van der Waals surface area (Å²) < 4.78 is 5.38. The summed E-state index contributed by atoms with van der Waals surface area (Å²) in [6.07, 6.45) is 0.954. The van der Waals surface area contributed by atoms with E-state index in [0.717, 1.165) is 5.75 Å². The van der Waals surface area contributed by atoms with Crippen LogP contribution in [0.5, 0.6) is 5.75 Å². The van der Waals surface area contributed by atoms with Gasteiger partial charge in [-0.1, -0.05) is 0 Å². The Bertz CT molecular complexity index is 725. The molecule has 1 atom stereocenters. The molecule has 0 saturated carbocycles. The van der Waals surface area contributed by atoms with Crippen molar-refractivity contribution in [3.8, 4) is 5.75 Å². The van der Waals surface area contributed by atoms with Gasteiger partial charge in [-0.3, -0.25) is 9.59 Å². The highest BCUT2D eigenvalue weighted by atomic mass is 16.5. The number of ether oxygens (including phenoxy) is 1. The molecule has 2 fully saturated rings. The maximum Gasteiger partial charge on any atom is 0.321 e. The lowest BCUT2D eigenvalue weighted by atomic mass is 9.77. The van der Waals surface area contributed by atoms with E-state index in [1.54, 1.807) is 41.1 Å². The van der Waals surface area contributed by atoms with E-state index in [9.17, 15) is 19.5 Å². The molecule has 1 aromatic rings. The predicted octanol–water partition coefficient (Wildman–Crippen LogP) is 2.01. The van der Waals surface area contributed by atoms with E-state index in [1.807, 2.05) is 6.92 Å². The average molecular weight is 375 g/mol. The Morgan fingerprint density at radius 1 is 1.26 bits per heavy atom. The summed E-state index contributed by atoms with van der Waals surface area (Å²) in [5.74, 6) is -1.06. The largest absolute Gasteiger partial charge is 0.494 e. The molecule has 8 heteroatoms. The topological polar surface area (TPSA) is 99.2 Å². The molecule has 1 aromatic carbocycles. The number of piperidine rings is 1. The highest BCUT2D eigenvalue weighted by Crippen LogP contribution is 2.42. The van der Waals surface area contributed by atoms with Crippen molar-refractivity contribution in [2.24, 2.45) is 5.92 Å². The number of hydrogen-bond donors (Lipinski definition) is 2. The van der Waals surface area contributed by atoms with Gasteiger partial charge in [-0.2, -0.15) is 0 Å². The molecule has 2 aliphatic rings. The summed E-state index contributed by atoms with van der Waals surface area (Å²) in [5, 5.41) is 12.4. The van der Waals surface area contributed by atoms with Gasteiger partial charge in [-0.05, 0) is 44.0 Å². The predicted molar refractivity (Wildman–Crippen MR) is 98.7 cm³/mol. The number of hydrogen-bond acceptors (Lipinski definition) is 4. The number of aliphatic carboxylic acids is 1. The van der Waals surface area contributed by atoms with Crippen LogP contribution in [0.2, 0.25) is 0 Å². The number of urea groups is 1. The van der Waals surface area contributed by atoms with Gasteiger partial charge in [0.25, 0.3) is 0 Å². The molecule has 146 valence electrons. The number of anilines is 1. The molecule has 0 aromatic heterocycles. The first-order chi connectivity index (χ1) is 12.9. The lowest BCUT2D eigenvalue weighted by Gasteiger charge is -2.45. The van der Waals surface area contributed by atoms with Crippen molar-refractivity contribution in [3.63, 3.8) is 0 Å². The van der Waals surface area contributed by atoms with Crippen LogP contribution in [0.3, 0.4) is 0 Å². The van der Waals surface area contributed by atoms with Crippen LogP contribution in [0.1, 0.15) is 26.2 Å². The Balaban J connectivity index is 1.62. The van der Waals surface area contributed by atoms with Crippen LogP contribution in [0, 0.1) is 5.92 Å². The molecule has 2 N–H and O–H groups in total. The Morgan fingerprint density at radius 3 is 2.44 bits per heavy atom. The number of carbonyl (C=O) groups excluding carboxylic acids is 2. The van der Waals surface area contributed by atoms with E-state index in [1.165, 1.54) is 0 Å². The smallest absolute Gasteiger partial charge is 0.321 e. The molecule has 2 heterocycles. The third-order valence-electron chi connectivity index (χ3n) is 5.70. The second-order valence-electron chi connectivity index (χ2n) is 7.03. The summed E-state index contributed by atoms with van der Waals surface area (Å²) in [5.41, 5.74) is -0.0286. The number of carboxylic acids is 1. The van der Waals surface area contributed by atoms with Crippen LogP contribution in [0.15, 0.2) is 24.3 Å². The molecule has 2 saturated heterocycles. The third-order valence-corrected chi connectivity index (χ3v) is 5.70. The maximum absolute atomic E-state index is 12.5. The lowest BCUT2D eigenvalue weighted by Crippen LogP contribution is -2.57. The van der Waals surface area contributed by atoms with Gasteiger partial charge >= 0.3 is 12.0 Å². The minimum absolute atomic E-state index is 0.0320. The molecule has 8 nitrogen and oxygen atoms in total. The van der Waals surface area contributed by atoms with Crippen LogP contribution >= 0.6 is 0 Å². The van der Waals surface area contributed by atoms with E-state index in [2.05, 4.69) is 5.32 Å². The first-order valence-corrected chi connectivity index (χ1v) is 9.15. The SMILES string of the molecule is CCOc1ccc(NC(=O)N2CCC3(CC2)C(C(=O)O)CC(=O)N3C)cc1. The van der Waals surface area contributed by atoms with Gasteiger partial charge in [-0.25, -0.2) is 4.79 Å². The number of carboxylic acid groups (broad SMARTS) is 1. The number of benzene rings is 1. The number of carbonyl (C=O) groups is 3. The van der Waals surface area contributed by atoms with Crippen molar-refractivity contribution in [2.75, 3.05) is 32.1 Å². The van der Waals surface area contributed by atoms with Crippen molar-refractivity contribution < 1.29 is 24.2 Å². The monoisotopic (exact) mass is 375 g/mol. The van der Waals surface area contributed by atoms with Crippen LogP contribution in [-0.4, -0.2) is 65.1 Å². The Morgan fingerprint density at radius 2 is 1.89 bits per heavy atom. The number of rotatable bonds is 4. The van der Waals surface area contributed by atoms with Crippen molar-refractivity contribution >= 4 is 23.6 Å². The zero-order valence-corrected chi connectivity index (χ0v) is 15.6. The van der Waals surface area contributed by atoms with Crippen molar-refractivity contribution in [1.29, 1.82) is 0 Å². The quantitative estimate of drug-likeness (QED) is 0.839. The van der Waals surface area contributed by atoms with Gasteiger partial charge < -0.3 is 25.0 Å². The van der Waals surface area contributed by atoms with Gasteiger partial charge in [0.15, 0.2) is 0 Å². The van der Waals surface area contributed by atoms with Crippen molar-refractivity contribution in [3.05, 3.63) is 24.3 Å². The second kappa shape index (κ2) is 7.46. The Kier molecular flexibility index (Phi) is 5.25. The number of amides is 3. The summed E-state index contributed by atoms with van der Waals surface area (Å²) >= 11 is 0. The standard InChI is InChI=1S/C19H25N3O5/c1-3-27-14-6-4-13(5-7-14)20-18(26)22-10-8-19(9-11-22)15(17(24)25)12-16(23)21(19)2/h4-7,15H,3,8-12H2,1-2H3,(H,20,26)(H,24,25). The molecule has 1 spiro atoms. The molecule has 0 radical (unpaired) electrons. The van der Waals surface area contributed by atoms with Crippen LogP contribution in [0.4, 0.5) is 10.5 Å². The maximum atomic E-state index is 12.5. The molecule has 27 heavy (non-hydrogen) atoms. The minimum Gasteiger partial charge on any atom is -0.494 e. The van der Waals surface area contributed by atoms with Gasteiger partial charge in [0, 0.05) is 32.2 Å². The van der Waals surface area contributed by atoms with E-state index >= 15 is 0 Å². The van der Waals surface area contributed by atoms with Crippen LogP contribution < -0.4 is 10.1 Å².